The summed E-state index contributed by atoms with van der Waals surface area (Å²) in [5, 5.41) is 0.944. The van der Waals surface area contributed by atoms with Gasteiger partial charge in [-0.25, -0.2) is 4.39 Å². The molecule has 0 spiro atoms. The summed E-state index contributed by atoms with van der Waals surface area (Å²) in [6.45, 7) is 2.02. The van der Waals surface area contributed by atoms with Crippen molar-refractivity contribution < 1.29 is 4.39 Å². The van der Waals surface area contributed by atoms with Gasteiger partial charge in [0.1, 0.15) is 5.82 Å². The number of rotatable bonds is 1. The van der Waals surface area contributed by atoms with E-state index in [0.717, 1.165) is 30.6 Å². The summed E-state index contributed by atoms with van der Waals surface area (Å²) >= 11 is 0. The summed E-state index contributed by atoms with van der Waals surface area (Å²) in [5.74, 6) is -0.178. The van der Waals surface area contributed by atoms with Gasteiger partial charge in [-0.2, -0.15) is 0 Å². The summed E-state index contributed by atoms with van der Waals surface area (Å²) in [7, 11) is 2.11. The zero-order valence-corrected chi connectivity index (χ0v) is 12.0. The van der Waals surface area contributed by atoms with Crippen LogP contribution in [0.15, 0.2) is 30.3 Å². The average molecular weight is 311 g/mol. The third-order valence-corrected chi connectivity index (χ3v) is 3.36. The van der Waals surface area contributed by atoms with Gasteiger partial charge in [-0.15, -0.1) is 17.0 Å². The number of likely N-dealkylation sites (N-methyl/N-ethyl adjacent to an activating group) is 1. The highest BCUT2D eigenvalue weighted by molar-refractivity contribution is 8.93. The lowest BCUT2D eigenvalue weighted by molar-refractivity contribution is 0.370. The summed E-state index contributed by atoms with van der Waals surface area (Å²) in [5.41, 5.74) is 2.96. The number of para-hydroxylation sites is 1. The van der Waals surface area contributed by atoms with Crippen LogP contribution in [0.5, 0.6) is 0 Å². The van der Waals surface area contributed by atoms with E-state index in [0.29, 0.717) is 5.52 Å². The average Bonchev–Trinajstić information content (AvgIpc) is 2.75. The Morgan fingerprint density at radius 2 is 2.17 bits per heavy atom. The predicted molar refractivity (Wildman–Crippen MR) is 78.7 cm³/mol. The van der Waals surface area contributed by atoms with Gasteiger partial charge >= 0.3 is 0 Å². The normalized spacial score (nSPS) is 16.4. The first-order chi connectivity index (χ1) is 8.24. The quantitative estimate of drug-likeness (QED) is 0.852. The molecule has 0 radical (unpaired) electrons. The number of hydrogen-bond donors (Lipinski definition) is 1. The van der Waals surface area contributed by atoms with Crippen LogP contribution in [0.25, 0.3) is 16.5 Å². The van der Waals surface area contributed by atoms with Crippen molar-refractivity contribution in [3.05, 3.63) is 41.9 Å². The summed E-state index contributed by atoms with van der Waals surface area (Å²) in [6, 6.07) is 7.22. The van der Waals surface area contributed by atoms with Gasteiger partial charge in [-0.05, 0) is 31.2 Å². The fraction of sp³-hybridized carbons (Fsp3) is 0.286. The molecule has 0 saturated carbocycles. The highest BCUT2D eigenvalue weighted by atomic mass is 79.9. The van der Waals surface area contributed by atoms with Crippen LogP contribution in [0.3, 0.4) is 0 Å². The molecule has 3 rings (SSSR count). The Morgan fingerprint density at radius 3 is 2.83 bits per heavy atom. The molecule has 1 aromatic heterocycles. The number of aromatic nitrogens is 1. The van der Waals surface area contributed by atoms with E-state index in [1.165, 1.54) is 11.6 Å². The highest BCUT2D eigenvalue weighted by Gasteiger charge is 2.12. The Hall–Kier alpha value is -1.13. The molecule has 4 heteroatoms. The van der Waals surface area contributed by atoms with Gasteiger partial charge < -0.3 is 9.88 Å². The van der Waals surface area contributed by atoms with E-state index in [1.807, 2.05) is 12.1 Å². The molecular weight excluding hydrogens is 295 g/mol. The van der Waals surface area contributed by atoms with Gasteiger partial charge in [0.05, 0.1) is 5.52 Å². The first-order valence-corrected chi connectivity index (χ1v) is 5.89. The molecule has 1 N–H and O–H groups in total. The zero-order valence-electron chi connectivity index (χ0n) is 10.2. The van der Waals surface area contributed by atoms with E-state index < -0.39 is 0 Å². The number of H-pyrrole nitrogens is 1. The molecule has 1 aliphatic rings. The zero-order chi connectivity index (χ0) is 11.8. The Balaban J connectivity index is 0.00000120. The number of nitrogens with one attached hydrogen (secondary N) is 1. The highest BCUT2D eigenvalue weighted by Crippen LogP contribution is 2.26. The first kappa shape index (κ1) is 13.3. The predicted octanol–water partition coefficient (Wildman–Crippen LogP) is 3.60. The minimum absolute atomic E-state index is 0. The molecule has 96 valence electrons. The molecule has 0 atom stereocenters. The van der Waals surface area contributed by atoms with Gasteiger partial charge in [0.2, 0.25) is 0 Å². The van der Waals surface area contributed by atoms with Gasteiger partial charge in [0, 0.05) is 24.2 Å². The second-order valence-electron chi connectivity index (χ2n) is 4.63. The molecule has 2 heterocycles. The van der Waals surface area contributed by atoms with Crippen LogP contribution in [-0.2, 0) is 0 Å². The molecule has 1 aromatic carbocycles. The molecule has 0 unspecified atom stereocenters. The molecule has 2 nitrogen and oxygen atoms in total. The Morgan fingerprint density at radius 1 is 1.33 bits per heavy atom. The summed E-state index contributed by atoms with van der Waals surface area (Å²) in [6.07, 6.45) is 3.23. The standard InChI is InChI=1S/C14H15FN2.BrH/c1-17-7-5-10(6-8-17)13-9-11-3-2-4-12(15)14(11)16-13;/h2-5,9,16H,6-8H2,1H3;1H. The van der Waals surface area contributed by atoms with E-state index >= 15 is 0 Å². The van der Waals surface area contributed by atoms with Crippen molar-refractivity contribution in [3.63, 3.8) is 0 Å². The Bertz CT molecular complexity index is 588. The number of nitrogens with zero attached hydrogens (tertiary/aromatic N) is 1. The van der Waals surface area contributed by atoms with Crippen molar-refractivity contribution in [3.8, 4) is 0 Å². The number of hydrogen-bond acceptors (Lipinski definition) is 1. The smallest absolute Gasteiger partial charge is 0.147 e. The van der Waals surface area contributed by atoms with Crippen LogP contribution in [0, 0.1) is 5.82 Å². The molecule has 1 aliphatic heterocycles. The summed E-state index contributed by atoms with van der Waals surface area (Å²) in [4.78, 5) is 5.46. The van der Waals surface area contributed by atoms with Crippen LogP contribution in [0.4, 0.5) is 4.39 Å². The lowest BCUT2D eigenvalue weighted by Gasteiger charge is -2.21. The lowest BCUT2D eigenvalue weighted by atomic mass is 10.1. The fourth-order valence-electron chi connectivity index (χ4n) is 2.31. The van der Waals surface area contributed by atoms with E-state index in [2.05, 4.69) is 23.0 Å². The summed E-state index contributed by atoms with van der Waals surface area (Å²) < 4.78 is 13.6. The second kappa shape index (κ2) is 5.24. The molecule has 0 fully saturated rings. The third kappa shape index (κ3) is 2.35. The van der Waals surface area contributed by atoms with Crippen molar-refractivity contribution in [2.75, 3.05) is 20.1 Å². The number of halogens is 2. The van der Waals surface area contributed by atoms with E-state index in [9.17, 15) is 4.39 Å². The van der Waals surface area contributed by atoms with E-state index in [4.69, 9.17) is 0 Å². The molecule has 2 aromatic rings. The number of fused-ring (bicyclic) bond motifs is 1. The van der Waals surface area contributed by atoms with Crippen LogP contribution < -0.4 is 0 Å². The maximum Gasteiger partial charge on any atom is 0.147 e. The lowest BCUT2D eigenvalue weighted by Crippen LogP contribution is -2.23. The monoisotopic (exact) mass is 310 g/mol. The maximum absolute atomic E-state index is 13.6. The van der Waals surface area contributed by atoms with Crippen molar-refractivity contribution in [2.24, 2.45) is 0 Å². The molecule has 0 bridgehead atoms. The van der Waals surface area contributed by atoms with Gasteiger partial charge in [0.15, 0.2) is 0 Å². The van der Waals surface area contributed by atoms with Gasteiger partial charge in [0.25, 0.3) is 0 Å². The van der Waals surface area contributed by atoms with E-state index in [-0.39, 0.29) is 22.8 Å². The molecular formula is C14H16BrFN2. The van der Waals surface area contributed by atoms with E-state index in [1.54, 1.807) is 6.07 Å². The third-order valence-electron chi connectivity index (χ3n) is 3.36. The van der Waals surface area contributed by atoms with Gasteiger partial charge in [-0.1, -0.05) is 18.2 Å². The molecule has 0 saturated heterocycles. The minimum atomic E-state index is -0.178. The van der Waals surface area contributed by atoms with Crippen LogP contribution in [0.1, 0.15) is 12.1 Å². The largest absolute Gasteiger partial charge is 0.352 e. The van der Waals surface area contributed by atoms with Crippen molar-refractivity contribution in [2.45, 2.75) is 6.42 Å². The first-order valence-electron chi connectivity index (χ1n) is 5.89. The molecule has 18 heavy (non-hydrogen) atoms. The van der Waals surface area contributed by atoms with Crippen LogP contribution >= 0.6 is 17.0 Å². The van der Waals surface area contributed by atoms with Crippen LogP contribution in [0.2, 0.25) is 0 Å². The Kier molecular flexibility index (Phi) is 3.88. The van der Waals surface area contributed by atoms with Crippen molar-refractivity contribution in [1.29, 1.82) is 0 Å². The number of aromatic amines is 1. The maximum atomic E-state index is 13.6. The van der Waals surface area contributed by atoms with Gasteiger partial charge in [-0.3, -0.25) is 0 Å². The second-order valence-corrected chi connectivity index (χ2v) is 4.63. The molecule has 0 aliphatic carbocycles. The van der Waals surface area contributed by atoms with Crippen LogP contribution in [-0.4, -0.2) is 30.0 Å². The fourth-order valence-corrected chi connectivity index (χ4v) is 2.31. The van der Waals surface area contributed by atoms with Crippen molar-refractivity contribution >= 4 is 33.5 Å². The Labute approximate surface area is 116 Å². The number of benzene rings is 1. The SMILES string of the molecule is Br.CN1CC=C(c2cc3cccc(F)c3[nH]2)CC1. The van der Waals surface area contributed by atoms with Crippen molar-refractivity contribution in [1.82, 2.24) is 9.88 Å². The minimum Gasteiger partial charge on any atom is -0.352 e. The molecule has 0 amide bonds. The topological polar surface area (TPSA) is 19.0 Å².